The van der Waals surface area contributed by atoms with Crippen molar-refractivity contribution in [2.24, 2.45) is 0 Å². The fraction of sp³-hybridized carbons (Fsp3) is 0. The fourth-order valence-corrected chi connectivity index (χ4v) is 1.92. The molecule has 2 aromatic carbocycles. The number of anilines is 2. The number of nitrogens with two attached hydrogens (primary N) is 1. The van der Waals surface area contributed by atoms with Gasteiger partial charge in [0.15, 0.2) is 0 Å². The average Bonchev–Trinajstić information content (AvgIpc) is 2.37. The summed E-state index contributed by atoms with van der Waals surface area (Å²) in [6, 6.07) is 7.34. The summed E-state index contributed by atoms with van der Waals surface area (Å²) in [4.78, 5) is 21.6. The van der Waals surface area contributed by atoms with Crippen LogP contribution in [0.15, 0.2) is 36.4 Å². The summed E-state index contributed by atoms with van der Waals surface area (Å²) in [5.41, 5.74) is 5.49. The van der Waals surface area contributed by atoms with Crippen LogP contribution in [0.2, 0.25) is 5.02 Å². The highest BCUT2D eigenvalue weighted by Gasteiger charge is 2.15. The van der Waals surface area contributed by atoms with E-state index in [0.717, 1.165) is 12.1 Å². The van der Waals surface area contributed by atoms with Crippen LogP contribution in [0.5, 0.6) is 0 Å². The Morgan fingerprint density at radius 3 is 2.57 bits per heavy atom. The third-order valence-corrected chi connectivity index (χ3v) is 2.80. The van der Waals surface area contributed by atoms with E-state index in [-0.39, 0.29) is 16.3 Å². The summed E-state index contributed by atoms with van der Waals surface area (Å²) in [5, 5.41) is 13.2. The van der Waals surface area contributed by atoms with Gasteiger partial charge in [-0.25, -0.2) is 0 Å². The highest BCUT2D eigenvalue weighted by Crippen LogP contribution is 2.22. The second-order valence-corrected chi connectivity index (χ2v) is 4.59. The van der Waals surface area contributed by atoms with Gasteiger partial charge < -0.3 is 11.1 Å². The monoisotopic (exact) mass is 309 g/mol. The van der Waals surface area contributed by atoms with E-state index < -0.39 is 22.3 Å². The maximum Gasteiger partial charge on any atom is 0.304 e. The first kappa shape index (κ1) is 14.7. The number of hydrogen-bond donors (Lipinski definition) is 2. The molecule has 1 amide bonds. The number of nitro benzene ring substituents is 1. The Balaban J connectivity index is 2.23. The van der Waals surface area contributed by atoms with E-state index in [1.165, 1.54) is 24.3 Å². The lowest BCUT2D eigenvalue weighted by molar-refractivity contribution is -0.387. The molecule has 2 rings (SSSR count). The number of carbonyl (C=O) groups is 1. The lowest BCUT2D eigenvalue weighted by Crippen LogP contribution is -2.12. The summed E-state index contributed by atoms with van der Waals surface area (Å²) in [7, 11) is 0. The maximum atomic E-state index is 13.4. The smallest absolute Gasteiger partial charge is 0.304 e. The highest BCUT2D eigenvalue weighted by molar-refractivity contribution is 6.31. The normalized spacial score (nSPS) is 10.2. The Bertz CT molecular complexity index is 716. The number of rotatable bonds is 3. The molecule has 0 saturated heterocycles. The van der Waals surface area contributed by atoms with Crippen LogP contribution in [0, 0.1) is 15.9 Å². The zero-order chi connectivity index (χ0) is 15.6. The summed E-state index contributed by atoms with van der Waals surface area (Å²) < 4.78 is 13.4. The zero-order valence-electron chi connectivity index (χ0n) is 10.5. The zero-order valence-corrected chi connectivity index (χ0v) is 11.2. The molecule has 0 heterocycles. The van der Waals surface area contributed by atoms with Gasteiger partial charge in [0.05, 0.1) is 4.92 Å². The Morgan fingerprint density at radius 2 is 2.00 bits per heavy atom. The SMILES string of the molecule is Nc1cc(Cl)cc(C(=O)Nc2ccc([N+](=O)[O-])c(F)c2)c1. The number of amides is 1. The lowest BCUT2D eigenvalue weighted by atomic mass is 10.2. The van der Waals surface area contributed by atoms with Crippen molar-refractivity contribution in [1.29, 1.82) is 0 Å². The molecule has 2 aromatic rings. The fourth-order valence-electron chi connectivity index (χ4n) is 1.68. The first-order valence-electron chi connectivity index (χ1n) is 5.68. The number of carbonyl (C=O) groups excluding carboxylic acids is 1. The van der Waals surface area contributed by atoms with Crippen LogP contribution in [-0.4, -0.2) is 10.8 Å². The predicted molar refractivity (Wildman–Crippen MR) is 76.9 cm³/mol. The molecule has 0 bridgehead atoms. The molecule has 3 N–H and O–H groups in total. The molecule has 0 aliphatic heterocycles. The van der Waals surface area contributed by atoms with Gasteiger partial charge in [-0.15, -0.1) is 0 Å². The molecule has 108 valence electrons. The van der Waals surface area contributed by atoms with Gasteiger partial charge in [0.25, 0.3) is 5.91 Å². The van der Waals surface area contributed by atoms with Crippen molar-refractivity contribution in [3.05, 3.63) is 62.9 Å². The first-order chi connectivity index (χ1) is 9.86. The van der Waals surface area contributed by atoms with Crippen molar-refractivity contribution in [3.63, 3.8) is 0 Å². The summed E-state index contributed by atoms with van der Waals surface area (Å²) in [6.07, 6.45) is 0. The van der Waals surface area contributed by atoms with Crippen LogP contribution in [0.3, 0.4) is 0 Å². The van der Waals surface area contributed by atoms with Gasteiger partial charge in [0.2, 0.25) is 5.82 Å². The van der Waals surface area contributed by atoms with Gasteiger partial charge in [0, 0.05) is 34.1 Å². The molecule has 21 heavy (non-hydrogen) atoms. The summed E-state index contributed by atoms with van der Waals surface area (Å²) in [6.45, 7) is 0. The molecule has 0 radical (unpaired) electrons. The number of benzene rings is 2. The molecule has 0 aliphatic rings. The summed E-state index contributed by atoms with van der Waals surface area (Å²) in [5.74, 6) is -1.60. The van der Waals surface area contributed by atoms with Crippen LogP contribution in [0.1, 0.15) is 10.4 Å². The molecule has 0 aromatic heterocycles. The van der Waals surface area contributed by atoms with E-state index in [4.69, 9.17) is 17.3 Å². The van der Waals surface area contributed by atoms with Crippen molar-refractivity contribution in [2.45, 2.75) is 0 Å². The van der Waals surface area contributed by atoms with E-state index in [0.29, 0.717) is 5.69 Å². The molecule has 0 saturated carbocycles. The quantitative estimate of drug-likeness (QED) is 0.516. The van der Waals surface area contributed by atoms with Crippen molar-refractivity contribution in [3.8, 4) is 0 Å². The van der Waals surface area contributed by atoms with Crippen LogP contribution in [-0.2, 0) is 0 Å². The van der Waals surface area contributed by atoms with Gasteiger partial charge in [-0.2, -0.15) is 4.39 Å². The number of nitrogen functional groups attached to an aromatic ring is 1. The Hall–Kier alpha value is -2.67. The lowest BCUT2D eigenvalue weighted by Gasteiger charge is -2.07. The van der Waals surface area contributed by atoms with Crippen molar-refractivity contribution in [1.82, 2.24) is 0 Å². The molecule has 0 aliphatic carbocycles. The molecule has 8 heteroatoms. The van der Waals surface area contributed by atoms with E-state index in [9.17, 15) is 19.3 Å². The second kappa shape index (κ2) is 5.76. The van der Waals surface area contributed by atoms with E-state index >= 15 is 0 Å². The van der Waals surface area contributed by atoms with Crippen LogP contribution >= 0.6 is 11.6 Å². The molecular formula is C13H9ClFN3O3. The summed E-state index contributed by atoms with van der Waals surface area (Å²) >= 11 is 5.78. The molecule has 0 spiro atoms. The number of halogens is 2. The number of nitrogens with one attached hydrogen (secondary N) is 1. The van der Waals surface area contributed by atoms with Gasteiger partial charge in [0.1, 0.15) is 0 Å². The average molecular weight is 310 g/mol. The van der Waals surface area contributed by atoms with Crippen LogP contribution in [0.25, 0.3) is 0 Å². The maximum absolute atomic E-state index is 13.4. The van der Waals surface area contributed by atoms with E-state index in [1.807, 2.05) is 0 Å². The van der Waals surface area contributed by atoms with E-state index in [1.54, 1.807) is 0 Å². The molecule has 6 nitrogen and oxygen atoms in total. The van der Waals surface area contributed by atoms with Crippen LogP contribution in [0.4, 0.5) is 21.5 Å². The minimum absolute atomic E-state index is 0.0849. The van der Waals surface area contributed by atoms with Gasteiger partial charge >= 0.3 is 5.69 Å². The third kappa shape index (κ3) is 3.46. The van der Waals surface area contributed by atoms with Crippen LogP contribution < -0.4 is 11.1 Å². The number of hydrogen-bond acceptors (Lipinski definition) is 4. The first-order valence-corrected chi connectivity index (χ1v) is 6.06. The van der Waals surface area contributed by atoms with Gasteiger partial charge in [-0.3, -0.25) is 14.9 Å². The number of nitrogens with zero attached hydrogens (tertiary/aromatic N) is 1. The molecule has 0 atom stereocenters. The highest BCUT2D eigenvalue weighted by atomic mass is 35.5. The standard InChI is InChI=1S/C13H9ClFN3O3/c14-8-3-7(4-9(16)5-8)13(19)17-10-1-2-12(18(20)21)11(15)6-10/h1-6H,16H2,(H,17,19). The topological polar surface area (TPSA) is 98.3 Å². The minimum Gasteiger partial charge on any atom is -0.399 e. The molecule has 0 unspecified atom stereocenters. The van der Waals surface area contributed by atoms with E-state index in [2.05, 4.69) is 5.32 Å². The van der Waals surface area contributed by atoms with Gasteiger partial charge in [-0.05, 0) is 24.3 Å². The third-order valence-electron chi connectivity index (χ3n) is 2.58. The molecular weight excluding hydrogens is 301 g/mol. The predicted octanol–water partition coefficient (Wildman–Crippen LogP) is 3.22. The second-order valence-electron chi connectivity index (χ2n) is 4.15. The minimum atomic E-state index is -1.04. The van der Waals surface area contributed by atoms with Gasteiger partial charge in [-0.1, -0.05) is 11.6 Å². The molecule has 0 fully saturated rings. The van der Waals surface area contributed by atoms with Crippen molar-refractivity contribution in [2.75, 3.05) is 11.1 Å². The largest absolute Gasteiger partial charge is 0.399 e. The van der Waals surface area contributed by atoms with Crippen molar-refractivity contribution >= 4 is 34.6 Å². The van der Waals surface area contributed by atoms with Crippen molar-refractivity contribution < 1.29 is 14.1 Å². The number of nitro groups is 1. The Morgan fingerprint density at radius 1 is 1.29 bits per heavy atom. The Kier molecular flexibility index (Phi) is 4.04. The Labute approximate surface area is 123 Å².